The molecule has 3 aromatic carbocycles. The first-order valence-corrected chi connectivity index (χ1v) is 15.4. The Morgan fingerprint density at radius 1 is 0.895 bits per heavy atom. The molecule has 38 heavy (non-hydrogen) atoms. The first-order valence-electron chi connectivity index (χ1n) is 11.8. The molecule has 0 radical (unpaired) electrons. The van der Waals surface area contributed by atoms with E-state index in [1.165, 1.54) is 22.5 Å². The predicted octanol–water partition coefficient (Wildman–Crippen LogP) is 5.17. The number of nitrogens with zero attached hydrogens (tertiary/aromatic N) is 5. The first-order chi connectivity index (χ1) is 18.2. The van der Waals surface area contributed by atoms with Crippen molar-refractivity contribution in [1.82, 2.24) is 18.5 Å². The van der Waals surface area contributed by atoms with Gasteiger partial charge in [0, 0.05) is 29.7 Å². The molecule has 0 saturated carbocycles. The maximum atomic E-state index is 13.5. The third-order valence-corrected chi connectivity index (χ3v) is 11.0. The number of halogens is 2. The van der Waals surface area contributed by atoms with Gasteiger partial charge in [0.2, 0.25) is 16.0 Å². The number of rotatable bonds is 4. The molecule has 0 atom stereocenters. The van der Waals surface area contributed by atoms with Gasteiger partial charge in [-0.15, -0.1) is 9.19 Å². The molecule has 3 heterocycles. The minimum Gasteiger partial charge on any atom is -0.277 e. The summed E-state index contributed by atoms with van der Waals surface area (Å²) in [6, 6.07) is 20.4. The first kappa shape index (κ1) is 25.3. The van der Waals surface area contributed by atoms with E-state index in [1.807, 2.05) is 30.3 Å². The van der Waals surface area contributed by atoms with E-state index in [9.17, 15) is 16.8 Å². The lowest BCUT2D eigenvalue weighted by atomic mass is 9.98. The highest BCUT2D eigenvalue weighted by Crippen LogP contribution is 2.43. The molecule has 4 aromatic rings. The second-order valence-electron chi connectivity index (χ2n) is 9.01. The van der Waals surface area contributed by atoms with Crippen molar-refractivity contribution in [2.45, 2.75) is 28.6 Å². The van der Waals surface area contributed by atoms with E-state index in [4.69, 9.17) is 28.2 Å². The molecule has 0 amide bonds. The SMILES string of the molecule is O=S(=O)(c1ccc(Cl)cc1Cl)N1CCC(c2nc3n(n2)S(=O)(=O)c2ccccc2N3c2ccccc2)CC1. The van der Waals surface area contributed by atoms with E-state index in [2.05, 4.69) is 5.10 Å². The lowest BCUT2D eigenvalue weighted by Gasteiger charge is -2.30. The highest BCUT2D eigenvalue weighted by atomic mass is 35.5. The molecular weight excluding hydrogens is 569 g/mol. The van der Waals surface area contributed by atoms with E-state index in [0.29, 0.717) is 29.4 Å². The van der Waals surface area contributed by atoms with Crippen LogP contribution in [-0.2, 0) is 20.0 Å². The van der Waals surface area contributed by atoms with Crippen molar-refractivity contribution < 1.29 is 16.8 Å². The third-order valence-electron chi connectivity index (χ3n) is 6.74. The van der Waals surface area contributed by atoms with Gasteiger partial charge in [-0.05, 0) is 55.3 Å². The summed E-state index contributed by atoms with van der Waals surface area (Å²) in [6.45, 7) is 0.427. The summed E-state index contributed by atoms with van der Waals surface area (Å²) in [4.78, 5) is 6.60. The van der Waals surface area contributed by atoms with Crippen LogP contribution < -0.4 is 4.90 Å². The lowest BCUT2D eigenvalue weighted by Crippen LogP contribution is -2.38. The van der Waals surface area contributed by atoms with Crippen LogP contribution in [0.3, 0.4) is 0 Å². The van der Waals surface area contributed by atoms with Gasteiger partial charge in [-0.3, -0.25) is 4.90 Å². The molecule has 6 rings (SSSR count). The van der Waals surface area contributed by atoms with Crippen molar-refractivity contribution in [3.05, 3.63) is 88.7 Å². The Labute approximate surface area is 230 Å². The van der Waals surface area contributed by atoms with Gasteiger partial charge in [0.15, 0.2) is 5.82 Å². The van der Waals surface area contributed by atoms with Crippen LogP contribution in [0.25, 0.3) is 0 Å². The Bertz CT molecular complexity index is 1750. The van der Waals surface area contributed by atoms with Gasteiger partial charge in [0.05, 0.1) is 10.7 Å². The zero-order valence-electron chi connectivity index (χ0n) is 19.8. The molecule has 2 aliphatic rings. The topological polar surface area (TPSA) is 105 Å². The Kier molecular flexibility index (Phi) is 6.23. The molecule has 0 bridgehead atoms. The monoisotopic (exact) mass is 589 g/mol. The van der Waals surface area contributed by atoms with Gasteiger partial charge in [0.1, 0.15) is 9.79 Å². The molecule has 1 aromatic heterocycles. The van der Waals surface area contributed by atoms with Crippen molar-refractivity contribution in [2.75, 3.05) is 18.0 Å². The Morgan fingerprint density at radius 3 is 2.29 bits per heavy atom. The van der Waals surface area contributed by atoms with Gasteiger partial charge in [-0.1, -0.05) is 53.5 Å². The van der Waals surface area contributed by atoms with Gasteiger partial charge in [0.25, 0.3) is 10.0 Å². The van der Waals surface area contributed by atoms with Gasteiger partial charge in [-0.25, -0.2) is 8.42 Å². The molecule has 13 heteroatoms. The highest BCUT2D eigenvalue weighted by molar-refractivity contribution is 7.90. The van der Waals surface area contributed by atoms with Crippen molar-refractivity contribution in [2.24, 2.45) is 0 Å². The largest absolute Gasteiger partial charge is 0.288 e. The fourth-order valence-corrected chi connectivity index (χ4v) is 8.45. The molecule has 0 N–H and O–H groups in total. The van der Waals surface area contributed by atoms with Crippen LogP contribution in [0.4, 0.5) is 17.3 Å². The predicted molar refractivity (Wildman–Crippen MR) is 144 cm³/mol. The van der Waals surface area contributed by atoms with Gasteiger partial charge >= 0.3 is 0 Å². The number of aromatic nitrogens is 3. The quantitative estimate of drug-likeness (QED) is 0.284. The van der Waals surface area contributed by atoms with Crippen LogP contribution in [-0.4, -0.2) is 48.4 Å². The number of sulfonamides is 1. The number of benzene rings is 3. The van der Waals surface area contributed by atoms with Gasteiger partial charge in [-0.2, -0.15) is 17.7 Å². The number of para-hydroxylation sites is 2. The molecule has 1 saturated heterocycles. The highest BCUT2D eigenvalue weighted by Gasteiger charge is 2.39. The maximum Gasteiger partial charge on any atom is 0.288 e. The number of fused-ring (bicyclic) bond motifs is 2. The standard InChI is InChI=1S/C25H21Cl2N5O4S2/c26-18-10-11-22(20(27)16-18)37(33,34)30-14-12-17(13-15-30)24-28-25-31(19-6-2-1-3-7-19)21-8-4-5-9-23(21)38(35,36)32(25)29-24/h1-11,16-17H,12-15H2. The van der Waals surface area contributed by atoms with E-state index < -0.39 is 20.0 Å². The fraction of sp³-hybridized carbons (Fsp3) is 0.200. The minimum absolute atomic E-state index is 0.0000387. The van der Waals surface area contributed by atoms with Gasteiger partial charge < -0.3 is 0 Å². The van der Waals surface area contributed by atoms with Crippen molar-refractivity contribution in [3.8, 4) is 0 Å². The minimum atomic E-state index is -3.97. The zero-order valence-corrected chi connectivity index (χ0v) is 22.9. The fourth-order valence-electron chi connectivity index (χ4n) is 4.85. The smallest absolute Gasteiger partial charge is 0.277 e. The molecule has 0 spiro atoms. The second-order valence-corrected chi connectivity index (χ2v) is 13.5. The van der Waals surface area contributed by atoms with E-state index in [1.54, 1.807) is 29.2 Å². The van der Waals surface area contributed by atoms with Crippen molar-refractivity contribution in [1.29, 1.82) is 0 Å². The Hall–Kier alpha value is -2.96. The normalized spacial score (nSPS) is 17.7. The average molecular weight is 591 g/mol. The summed E-state index contributed by atoms with van der Waals surface area (Å²) < 4.78 is 55.8. The number of anilines is 3. The molecule has 196 valence electrons. The summed E-state index contributed by atoms with van der Waals surface area (Å²) in [6.07, 6.45) is 0.846. The summed E-state index contributed by atoms with van der Waals surface area (Å²) in [5.41, 5.74) is 1.24. The molecule has 9 nitrogen and oxygen atoms in total. The number of hydrogen-bond acceptors (Lipinski definition) is 7. The molecule has 1 fully saturated rings. The number of hydrogen-bond donors (Lipinski definition) is 0. The van der Waals surface area contributed by atoms with Crippen LogP contribution in [0.2, 0.25) is 10.0 Å². The van der Waals surface area contributed by atoms with Crippen LogP contribution in [0.5, 0.6) is 0 Å². The zero-order chi connectivity index (χ0) is 26.7. The second kappa shape index (κ2) is 9.35. The maximum absolute atomic E-state index is 13.5. The summed E-state index contributed by atoms with van der Waals surface area (Å²) in [7, 11) is -7.79. The van der Waals surface area contributed by atoms with Crippen LogP contribution in [0.1, 0.15) is 24.6 Å². The average Bonchev–Trinajstić information content (AvgIpc) is 3.36. The van der Waals surface area contributed by atoms with Crippen molar-refractivity contribution in [3.63, 3.8) is 0 Å². The Balaban J connectivity index is 1.33. The summed E-state index contributed by atoms with van der Waals surface area (Å²) >= 11 is 12.1. The molecule has 0 aliphatic carbocycles. The summed E-state index contributed by atoms with van der Waals surface area (Å²) in [5, 5.41) is 4.86. The van der Waals surface area contributed by atoms with E-state index in [-0.39, 0.29) is 39.8 Å². The summed E-state index contributed by atoms with van der Waals surface area (Å²) in [5.74, 6) is 0.308. The molecule has 0 unspecified atom stereocenters. The van der Waals surface area contributed by atoms with Crippen LogP contribution >= 0.6 is 23.2 Å². The van der Waals surface area contributed by atoms with E-state index >= 15 is 0 Å². The lowest BCUT2D eigenvalue weighted by molar-refractivity contribution is 0.313. The van der Waals surface area contributed by atoms with Crippen LogP contribution in [0, 0.1) is 0 Å². The molecular formula is C25H21Cl2N5O4S2. The van der Waals surface area contributed by atoms with E-state index in [0.717, 1.165) is 9.77 Å². The van der Waals surface area contributed by atoms with Crippen LogP contribution in [0.15, 0.2) is 82.6 Å². The Morgan fingerprint density at radius 2 is 1.58 bits per heavy atom. The number of piperidine rings is 1. The van der Waals surface area contributed by atoms with Crippen molar-refractivity contribution >= 4 is 60.6 Å². The molecule has 2 aliphatic heterocycles. The third kappa shape index (κ3) is 4.09.